The highest BCUT2D eigenvalue weighted by Crippen LogP contribution is 2.34. The standard InChI is InChI=1S/C14H13F3N2OS/c1-8-6-21-7-9(8)5-19-13(20)10-3-2-4-11(12(10)18)14(15,16)17/h2-4,6-7H,5,18H2,1H3,(H,19,20). The predicted octanol–water partition coefficient (Wildman–Crippen LogP) is 3.59. The lowest BCUT2D eigenvalue weighted by atomic mass is 10.1. The van der Waals surface area contributed by atoms with Crippen LogP contribution >= 0.6 is 11.3 Å². The van der Waals surface area contributed by atoms with Gasteiger partial charge in [0.15, 0.2) is 0 Å². The van der Waals surface area contributed by atoms with Crippen molar-refractivity contribution in [1.82, 2.24) is 5.32 Å². The van der Waals surface area contributed by atoms with Gasteiger partial charge in [0, 0.05) is 6.54 Å². The molecule has 0 fully saturated rings. The van der Waals surface area contributed by atoms with Crippen molar-refractivity contribution in [3.05, 3.63) is 51.2 Å². The van der Waals surface area contributed by atoms with Crippen molar-refractivity contribution in [2.75, 3.05) is 5.73 Å². The van der Waals surface area contributed by atoms with Gasteiger partial charge < -0.3 is 11.1 Å². The maximum absolute atomic E-state index is 12.7. The Balaban J connectivity index is 2.18. The third-order valence-corrected chi connectivity index (χ3v) is 3.97. The molecule has 2 rings (SSSR count). The molecule has 7 heteroatoms. The van der Waals surface area contributed by atoms with Gasteiger partial charge in [-0.3, -0.25) is 4.79 Å². The van der Waals surface area contributed by atoms with Crippen molar-refractivity contribution < 1.29 is 18.0 Å². The summed E-state index contributed by atoms with van der Waals surface area (Å²) < 4.78 is 38.2. The molecular formula is C14H13F3N2OS. The largest absolute Gasteiger partial charge is 0.418 e. The number of nitrogen functional groups attached to an aromatic ring is 1. The molecule has 1 heterocycles. The average molecular weight is 314 g/mol. The molecule has 0 saturated carbocycles. The summed E-state index contributed by atoms with van der Waals surface area (Å²) in [6.45, 7) is 2.15. The number of alkyl halides is 3. The summed E-state index contributed by atoms with van der Waals surface area (Å²) in [6.07, 6.45) is -4.58. The number of rotatable bonds is 3. The van der Waals surface area contributed by atoms with Gasteiger partial charge in [-0.05, 0) is 40.9 Å². The molecule has 0 aliphatic rings. The minimum Gasteiger partial charge on any atom is -0.398 e. The van der Waals surface area contributed by atoms with E-state index in [1.165, 1.54) is 23.5 Å². The minimum atomic E-state index is -4.58. The molecule has 1 amide bonds. The Morgan fingerprint density at radius 2 is 2.05 bits per heavy atom. The van der Waals surface area contributed by atoms with Crippen LogP contribution in [0.3, 0.4) is 0 Å². The van der Waals surface area contributed by atoms with E-state index in [1.807, 2.05) is 17.7 Å². The van der Waals surface area contributed by atoms with Gasteiger partial charge in [0.05, 0.1) is 16.8 Å². The van der Waals surface area contributed by atoms with E-state index in [4.69, 9.17) is 5.73 Å². The van der Waals surface area contributed by atoms with Gasteiger partial charge in [0.25, 0.3) is 5.91 Å². The topological polar surface area (TPSA) is 55.1 Å². The number of amides is 1. The Kier molecular flexibility index (Phi) is 4.22. The van der Waals surface area contributed by atoms with Gasteiger partial charge in [0.1, 0.15) is 0 Å². The lowest BCUT2D eigenvalue weighted by Gasteiger charge is -2.13. The zero-order valence-electron chi connectivity index (χ0n) is 11.1. The monoisotopic (exact) mass is 314 g/mol. The van der Waals surface area contributed by atoms with Gasteiger partial charge in [-0.15, -0.1) is 0 Å². The number of hydrogen-bond donors (Lipinski definition) is 2. The fourth-order valence-electron chi connectivity index (χ4n) is 1.85. The summed E-state index contributed by atoms with van der Waals surface area (Å²) in [5, 5.41) is 6.39. The molecule has 0 unspecified atom stereocenters. The third-order valence-electron chi connectivity index (χ3n) is 3.06. The van der Waals surface area contributed by atoms with Crippen molar-refractivity contribution in [2.24, 2.45) is 0 Å². The summed E-state index contributed by atoms with van der Waals surface area (Å²) >= 11 is 1.50. The van der Waals surface area contributed by atoms with Crippen molar-refractivity contribution in [3.63, 3.8) is 0 Å². The van der Waals surface area contributed by atoms with Crippen LogP contribution in [0.2, 0.25) is 0 Å². The minimum absolute atomic E-state index is 0.169. The predicted molar refractivity (Wildman–Crippen MR) is 76.1 cm³/mol. The van der Waals surface area contributed by atoms with Crippen molar-refractivity contribution in [3.8, 4) is 0 Å². The number of carbonyl (C=O) groups is 1. The number of aryl methyl sites for hydroxylation is 1. The highest BCUT2D eigenvalue weighted by Gasteiger charge is 2.34. The van der Waals surface area contributed by atoms with Crippen LogP contribution in [-0.4, -0.2) is 5.91 Å². The molecule has 1 aromatic heterocycles. The van der Waals surface area contributed by atoms with E-state index >= 15 is 0 Å². The molecule has 3 N–H and O–H groups in total. The van der Waals surface area contributed by atoms with Gasteiger partial charge in [-0.25, -0.2) is 0 Å². The molecule has 0 saturated heterocycles. The second kappa shape index (κ2) is 5.77. The fourth-order valence-corrected chi connectivity index (χ4v) is 2.71. The van der Waals surface area contributed by atoms with Crippen LogP contribution in [0.1, 0.15) is 27.0 Å². The highest BCUT2D eigenvalue weighted by atomic mass is 32.1. The highest BCUT2D eigenvalue weighted by molar-refractivity contribution is 7.08. The number of hydrogen-bond acceptors (Lipinski definition) is 3. The van der Waals surface area contributed by atoms with E-state index in [9.17, 15) is 18.0 Å². The number of thiophene rings is 1. The third kappa shape index (κ3) is 3.36. The van der Waals surface area contributed by atoms with Crippen LogP contribution in [0.5, 0.6) is 0 Å². The van der Waals surface area contributed by atoms with Crippen LogP contribution in [0.25, 0.3) is 0 Å². The number of benzene rings is 1. The number of nitrogens with one attached hydrogen (secondary N) is 1. The van der Waals surface area contributed by atoms with Crippen molar-refractivity contribution >= 4 is 22.9 Å². The summed E-state index contributed by atoms with van der Waals surface area (Å²) in [4.78, 5) is 12.0. The maximum atomic E-state index is 12.7. The molecule has 0 aliphatic carbocycles. The molecule has 2 aromatic rings. The first-order valence-electron chi connectivity index (χ1n) is 6.06. The Morgan fingerprint density at radius 3 is 2.62 bits per heavy atom. The molecule has 0 spiro atoms. The number of halogens is 3. The first-order valence-corrected chi connectivity index (χ1v) is 7.00. The average Bonchev–Trinajstić information content (AvgIpc) is 2.80. The Bertz CT molecular complexity index is 664. The maximum Gasteiger partial charge on any atom is 0.418 e. The van der Waals surface area contributed by atoms with E-state index in [0.717, 1.165) is 17.2 Å². The zero-order valence-corrected chi connectivity index (χ0v) is 11.9. The van der Waals surface area contributed by atoms with Crippen molar-refractivity contribution in [2.45, 2.75) is 19.6 Å². The van der Waals surface area contributed by atoms with E-state index < -0.39 is 23.3 Å². The molecule has 0 atom stereocenters. The fraction of sp³-hybridized carbons (Fsp3) is 0.214. The number of carbonyl (C=O) groups excluding carboxylic acids is 1. The molecule has 112 valence electrons. The second-order valence-corrected chi connectivity index (χ2v) is 5.27. The lowest BCUT2D eigenvalue weighted by Crippen LogP contribution is -2.25. The van der Waals surface area contributed by atoms with Crippen LogP contribution in [0.4, 0.5) is 18.9 Å². The molecule has 0 aliphatic heterocycles. The van der Waals surface area contributed by atoms with E-state index in [2.05, 4.69) is 5.32 Å². The smallest absolute Gasteiger partial charge is 0.398 e. The summed E-state index contributed by atoms with van der Waals surface area (Å²) in [5.41, 5.74) is 5.71. The van der Waals surface area contributed by atoms with Crippen LogP contribution in [0, 0.1) is 6.92 Å². The van der Waals surface area contributed by atoms with Gasteiger partial charge in [-0.2, -0.15) is 24.5 Å². The van der Waals surface area contributed by atoms with Crippen LogP contribution in [-0.2, 0) is 12.7 Å². The quantitative estimate of drug-likeness (QED) is 0.851. The van der Waals surface area contributed by atoms with Gasteiger partial charge in [0.2, 0.25) is 0 Å². The number of anilines is 1. The Hall–Kier alpha value is -2.02. The SMILES string of the molecule is Cc1cscc1CNC(=O)c1cccc(C(F)(F)F)c1N. The van der Waals surface area contributed by atoms with Gasteiger partial charge >= 0.3 is 6.18 Å². The van der Waals surface area contributed by atoms with Gasteiger partial charge in [-0.1, -0.05) is 6.07 Å². The number of para-hydroxylation sites is 1. The lowest BCUT2D eigenvalue weighted by molar-refractivity contribution is -0.136. The first kappa shape index (κ1) is 15.4. The molecule has 1 aromatic carbocycles. The summed E-state index contributed by atoms with van der Waals surface area (Å²) in [7, 11) is 0. The molecular weight excluding hydrogens is 301 g/mol. The van der Waals surface area contributed by atoms with E-state index in [-0.39, 0.29) is 12.1 Å². The number of nitrogens with two attached hydrogens (primary N) is 1. The molecule has 0 radical (unpaired) electrons. The molecule has 3 nitrogen and oxygen atoms in total. The van der Waals surface area contributed by atoms with E-state index in [1.54, 1.807) is 0 Å². The van der Waals surface area contributed by atoms with Crippen LogP contribution < -0.4 is 11.1 Å². The molecule has 21 heavy (non-hydrogen) atoms. The summed E-state index contributed by atoms with van der Waals surface area (Å²) in [5.74, 6) is -0.621. The van der Waals surface area contributed by atoms with E-state index in [0.29, 0.717) is 0 Å². The Labute approximate surface area is 123 Å². The first-order chi connectivity index (χ1) is 9.80. The molecule has 0 bridgehead atoms. The van der Waals surface area contributed by atoms with Crippen molar-refractivity contribution in [1.29, 1.82) is 0 Å². The zero-order chi connectivity index (χ0) is 15.6. The Morgan fingerprint density at radius 1 is 1.33 bits per heavy atom. The normalized spacial score (nSPS) is 11.4. The van der Waals surface area contributed by atoms with Crippen LogP contribution in [0.15, 0.2) is 29.0 Å². The summed E-state index contributed by atoms with van der Waals surface area (Å²) in [6, 6.07) is 3.31. The second-order valence-electron chi connectivity index (χ2n) is 4.53.